The van der Waals surface area contributed by atoms with E-state index in [4.69, 9.17) is 10.5 Å². The summed E-state index contributed by atoms with van der Waals surface area (Å²) in [6.07, 6.45) is 8.09. The Morgan fingerprint density at radius 2 is 2.10 bits per heavy atom. The Bertz CT molecular complexity index is 601. The second-order valence-electron chi connectivity index (χ2n) is 5.48. The largest absolute Gasteiger partial charge is 0.488 e. The predicted molar refractivity (Wildman–Crippen MR) is 92.7 cm³/mol. The van der Waals surface area contributed by atoms with Gasteiger partial charge in [0.25, 0.3) is 0 Å². The van der Waals surface area contributed by atoms with E-state index in [-0.39, 0.29) is 6.10 Å². The van der Waals surface area contributed by atoms with Crippen molar-refractivity contribution < 1.29 is 4.74 Å². The maximum Gasteiger partial charge on any atom is 0.146 e. The summed E-state index contributed by atoms with van der Waals surface area (Å²) in [6.45, 7) is 4.34. The molecule has 0 aliphatic rings. The third-order valence-corrected chi connectivity index (χ3v) is 4.04. The molecule has 4 heteroatoms. The van der Waals surface area contributed by atoms with Gasteiger partial charge in [-0.1, -0.05) is 26.2 Å². The SMILES string of the molecule is CCCCCCC(C)Oc1ccc(N)c2cc(Br)cnc12. The average Bonchev–Trinajstić information content (AvgIpc) is 2.47. The number of nitrogen functional groups attached to an aromatic ring is 1. The van der Waals surface area contributed by atoms with Crippen molar-refractivity contribution in [2.75, 3.05) is 5.73 Å². The van der Waals surface area contributed by atoms with E-state index in [2.05, 4.69) is 34.8 Å². The van der Waals surface area contributed by atoms with Crippen LogP contribution < -0.4 is 10.5 Å². The lowest BCUT2D eigenvalue weighted by Gasteiger charge is -2.16. The van der Waals surface area contributed by atoms with Crippen molar-refractivity contribution in [2.45, 2.75) is 52.1 Å². The number of nitrogens with two attached hydrogens (primary N) is 1. The Balaban J connectivity index is 2.10. The number of benzene rings is 1. The number of aromatic nitrogens is 1. The zero-order chi connectivity index (χ0) is 15.2. The van der Waals surface area contributed by atoms with Gasteiger partial charge in [-0.2, -0.15) is 0 Å². The van der Waals surface area contributed by atoms with Crippen molar-refractivity contribution in [3.8, 4) is 5.75 Å². The van der Waals surface area contributed by atoms with E-state index in [1.54, 1.807) is 6.20 Å². The predicted octanol–water partition coefficient (Wildman–Crippen LogP) is 5.32. The zero-order valence-corrected chi connectivity index (χ0v) is 14.3. The Hall–Kier alpha value is -1.29. The molecule has 1 unspecified atom stereocenters. The first-order valence-corrected chi connectivity index (χ1v) is 8.41. The second-order valence-corrected chi connectivity index (χ2v) is 6.40. The number of fused-ring (bicyclic) bond motifs is 1. The molecule has 0 spiro atoms. The number of unbranched alkanes of at least 4 members (excludes halogenated alkanes) is 3. The summed E-state index contributed by atoms with van der Waals surface area (Å²) in [5.74, 6) is 0.815. The van der Waals surface area contributed by atoms with Crippen molar-refractivity contribution in [1.29, 1.82) is 0 Å². The number of halogens is 1. The fourth-order valence-electron chi connectivity index (χ4n) is 2.42. The van der Waals surface area contributed by atoms with Crippen molar-refractivity contribution >= 4 is 32.5 Å². The molecule has 0 bridgehead atoms. The number of pyridine rings is 1. The molecular formula is C17H23BrN2O. The van der Waals surface area contributed by atoms with Crippen molar-refractivity contribution in [2.24, 2.45) is 0 Å². The van der Waals surface area contributed by atoms with Crippen LogP contribution in [0.1, 0.15) is 46.0 Å². The van der Waals surface area contributed by atoms with Gasteiger partial charge in [-0.15, -0.1) is 0 Å². The lowest BCUT2D eigenvalue weighted by atomic mass is 10.1. The summed E-state index contributed by atoms with van der Waals surface area (Å²) in [4.78, 5) is 4.45. The van der Waals surface area contributed by atoms with Crippen molar-refractivity contribution in [3.63, 3.8) is 0 Å². The highest BCUT2D eigenvalue weighted by Gasteiger charge is 2.10. The standard InChI is InChI=1S/C17H23BrN2O/c1-3-4-5-6-7-12(2)21-16-9-8-15(19)14-10-13(18)11-20-17(14)16/h8-12H,3-7,19H2,1-2H3. The number of anilines is 1. The average molecular weight is 351 g/mol. The molecule has 0 saturated heterocycles. The van der Waals surface area contributed by atoms with Gasteiger partial charge >= 0.3 is 0 Å². The Kier molecular flexibility index (Phi) is 5.85. The van der Waals surface area contributed by atoms with Gasteiger partial charge in [0.2, 0.25) is 0 Å². The zero-order valence-electron chi connectivity index (χ0n) is 12.7. The minimum atomic E-state index is 0.194. The van der Waals surface area contributed by atoms with E-state index in [0.717, 1.165) is 33.2 Å². The maximum absolute atomic E-state index is 6.07. The molecule has 0 amide bonds. The molecule has 0 saturated carbocycles. The molecule has 1 atom stereocenters. The molecule has 3 nitrogen and oxygen atoms in total. The Morgan fingerprint density at radius 3 is 2.86 bits per heavy atom. The molecule has 1 heterocycles. The summed E-state index contributed by atoms with van der Waals surface area (Å²) in [5, 5.41) is 0.931. The highest BCUT2D eigenvalue weighted by molar-refractivity contribution is 9.10. The lowest BCUT2D eigenvalue weighted by molar-refractivity contribution is 0.208. The monoisotopic (exact) mass is 350 g/mol. The quantitative estimate of drug-likeness (QED) is 0.543. The van der Waals surface area contributed by atoms with Gasteiger partial charge < -0.3 is 10.5 Å². The van der Waals surface area contributed by atoms with Crippen LogP contribution in [0, 0.1) is 0 Å². The molecule has 0 fully saturated rings. The fourth-order valence-corrected chi connectivity index (χ4v) is 2.75. The summed E-state index contributed by atoms with van der Waals surface area (Å²) in [7, 11) is 0. The van der Waals surface area contributed by atoms with Crippen LogP contribution in [0.2, 0.25) is 0 Å². The van der Waals surface area contributed by atoms with Gasteiger partial charge in [0.1, 0.15) is 11.3 Å². The highest BCUT2D eigenvalue weighted by Crippen LogP contribution is 2.31. The first-order valence-electron chi connectivity index (χ1n) is 7.62. The van der Waals surface area contributed by atoms with E-state index in [9.17, 15) is 0 Å². The van der Waals surface area contributed by atoms with E-state index in [1.165, 1.54) is 25.7 Å². The first-order chi connectivity index (χ1) is 10.1. The maximum atomic E-state index is 6.07. The molecule has 0 radical (unpaired) electrons. The summed E-state index contributed by atoms with van der Waals surface area (Å²) >= 11 is 3.43. The molecule has 0 aliphatic heterocycles. The normalized spacial score (nSPS) is 12.5. The van der Waals surface area contributed by atoms with Crippen LogP contribution in [0.5, 0.6) is 5.75 Å². The van der Waals surface area contributed by atoms with Crippen LogP contribution in [-0.2, 0) is 0 Å². The molecule has 1 aromatic heterocycles. The van der Waals surface area contributed by atoms with Crippen LogP contribution in [0.3, 0.4) is 0 Å². The number of hydrogen-bond acceptors (Lipinski definition) is 3. The summed E-state index contributed by atoms with van der Waals surface area (Å²) < 4.78 is 6.99. The molecule has 21 heavy (non-hydrogen) atoms. The minimum absolute atomic E-state index is 0.194. The van der Waals surface area contributed by atoms with E-state index >= 15 is 0 Å². The van der Waals surface area contributed by atoms with Gasteiger partial charge in [-0.05, 0) is 53.9 Å². The fraction of sp³-hybridized carbons (Fsp3) is 0.471. The third kappa shape index (κ3) is 4.34. The highest BCUT2D eigenvalue weighted by atomic mass is 79.9. The molecule has 1 aromatic carbocycles. The summed E-state index contributed by atoms with van der Waals surface area (Å²) in [5.41, 5.74) is 7.58. The topological polar surface area (TPSA) is 48.1 Å². The Labute approximate surface area is 135 Å². The van der Waals surface area contributed by atoms with Crippen LogP contribution in [0.4, 0.5) is 5.69 Å². The summed E-state index contributed by atoms with van der Waals surface area (Å²) in [6, 6.07) is 5.78. The van der Waals surface area contributed by atoms with Crippen molar-refractivity contribution in [1.82, 2.24) is 4.98 Å². The lowest BCUT2D eigenvalue weighted by Crippen LogP contribution is -2.12. The number of rotatable bonds is 7. The smallest absolute Gasteiger partial charge is 0.146 e. The van der Waals surface area contributed by atoms with Crippen LogP contribution in [0.25, 0.3) is 10.9 Å². The van der Waals surface area contributed by atoms with Gasteiger partial charge in [0.05, 0.1) is 6.10 Å². The van der Waals surface area contributed by atoms with Crippen LogP contribution in [0.15, 0.2) is 28.9 Å². The second kappa shape index (κ2) is 7.64. The van der Waals surface area contributed by atoms with Gasteiger partial charge in [0, 0.05) is 21.7 Å². The molecular weight excluding hydrogens is 328 g/mol. The molecule has 2 N–H and O–H groups in total. The first kappa shape index (κ1) is 16.1. The van der Waals surface area contributed by atoms with E-state index in [0.29, 0.717) is 0 Å². The van der Waals surface area contributed by atoms with Gasteiger partial charge in [-0.25, -0.2) is 0 Å². The van der Waals surface area contributed by atoms with Gasteiger partial charge in [-0.3, -0.25) is 4.98 Å². The van der Waals surface area contributed by atoms with E-state index < -0.39 is 0 Å². The molecule has 2 rings (SSSR count). The Morgan fingerprint density at radius 1 is 1.29 bits per heavy atom. The van der Waals surface area contributed by atoms with Gasteiger partial charge in [0.15, 0.2) is 0 Å². The van der Waals surface area contributed by atoms with Crippen LogP contribution in [-0.4, -0.2) is 11.1 Å². The molecule has 2 aromatic rings. The minimum Gasteiger partial charge on any atom is -0.488 e. The number of ether oxygens (including phenoxy) is 1. The third-order valence-electron chi connectivity index (χ3n) is 3.61. The van der Waals surface area contributed by atoms with Crippen molar-refractivity contribution in [3.05, 3.63) is 28.9 Å². The molecule has 114 valence electrons. The van der Waals surface area contributed by atoms with E-state index in [1.807, 2.05) is 18.2 Å². The van der Waals surface area contributed by atoms with Crippen LogP contribution >= 0.6 is 15.9 Å². The number of hydrogen-bond donors (Lipinski definition) is 1. The molecule has 0 aliphatic carbocycles. The number of nitrogens with zero attached hydrogens (tertiary/aromatic N) is 1.